The van der Waals surface area contributed by atoms with Gasteiger partial charge in [0.15, 0.2) is 0 Å². The third-order valence-corrected chi connectivity index (χ3v) is 4.11. The van der Waals surface area contributed by atoms with Crippen LogP contribution in [0.5, 0.6) is 0 Å². The summed E-state index contributed by atoms with van der Waals surface area (Å²) in [5.41, 5.74) is 0.806. The van der Waals surface area contributed by atoms with Crippen molar-refractivity contribution in [2.45, 2.75) is 26.4 Å². The van der Waals surface area contributed by atoms with Crippen LogP contribution in [-0.2, 0) is 16.1 Å². The van der Waals surface area contributed by atoms with Gasteiger partial charge in [-0.15, -0.1) is 0 Å². The van der Waals surface area contributed by atoms with E-state index in [1.165, 1.54) is 18.2 Å². The van der Waals surface area contributed by atoms with Crippen LogP contribution in [0, 0.1) is 11.7 Å². The summed E-state index contributed by atoms with van der Waals surface area (Å²) in [4.78, 5) is 36.6. The molecule has 0 spiro atoms. The third kappa shape index (κ3) is 6.19. The molecule has 1 unspecified atom stereocenters. The van der Waals surface area contributed by atoms with E-state index in [0.29, 0.717) is 6.54 Å². The van der Waals surface area contributed by atoms with Crippen LogP contribution in [0.2, 0.25) is 0 Å². The highest BCUT2D eigenvalue weighted by Gasteiger charge is 2.25. The Morgan fingerprint density at radius 1 is 0.929 bits per heavy atom. The number of carbonyl (C=O) groups is 3. The molecule has 7 heteroatoms. The van der Waals surface area contributed by atoms with Crippen molar-refractivity contribution in [2.24, 2.45) is 5.92 Å². The lowest BCUT2D eigenvalue weighted by Crippen LogP contribution is -2.51. The van der Waals surface area contributed by atoms with E-state index in [2.05, 4.69) is 16.0 Å². The molecule has 0 heterocycles. The van der Waals surface area contributed by atoms with Gasteiger partial charge in [0.1, 0.15) is 11.9 Å². The van der Waals surface area contributed by atoms with Crippen LogP contribution >= 0.6 is 0 Å². The first-order valence-electron chi connectivity index (χ1n) is 9.02. The van der Waals surface area contributed by atoms with E-state index < -0.39 is 23.7 Å². The van der Waals surface area contributed by atoms with Crippen molar-refractivity contribution in [2.75, 3.05) is 6.54 Å². The first-order valence-corrected chi connectivity index (χ1v) is 9.02. The molecule has 0 aliphatic heterocycles. The highest BCUT2D eigenvalue weighted by Crippen LogP contribution is 2.09. The fourth-order valence-corrected chi connectivity index (χ4v) is 2.54. The summed E-state index contributed by atoms with van der Waals surface area (Å²) in [6.07, 6.45) is 0. The van der Waals surface area contributed by atoms with Gasteiger partial charge in [0.2, 0.25) is 11.8 Å². The number of nitrogens with one attached hydrogen (secondary N) is 3. The van der Waals surface area contributed by atoms with E-state index >= 15 is 0 Å². The van der Waals surface area contributed by atoms with Crippen LogP contribution in [0.3, 0.4) is 0 Å². The quantitative estimate of drug-likeness (QED) is 0.650. The molecule has 3 N–H and O–H groups in total. The average molecular weight is 385 g/mol. The molecule has 2 aromatic carbocycles. The molecule has 0 radical (unpaired) electrons. The van der Waals surface area contributed by atoms with Gasteiger partial charge in [0.25, 0.3) is 5.91 Å². The van der Waals surface area contributed by atoms with Crippen molar-refractivity contribution in [3.8, 4) is 0 Å². The second-order valence-corrected chi connectivity index (χ2v) is 6.66. The van der Waals surface area contributed by atoms with Crippen LogP contribution in [0.25, 0.3) is 0 Å². The van der Waals surface area contributed by atoms with Gasteiger partial charge in [-0.2, -0.15) is 0 Å². The van der Waals surface area contributed by atoms with E-state index in [0.717, 1.165) is 5.56 Å². The van der Waals surface area contributed by atoms with Crippen LogP contribution in [0.4, 0.5) is 4.39 Å². The fraction of sp³-hybridized carbons (Fsp3) is 0.286. The number of benzene rings is 2. The number of hydrogen-bond donors (Lipinski definition) is 3. The van der Waals surface area contributed by atoms with E-state index in [4.69, 9.17) is 0 Å². The van der Waals surface area contributed by atoms with Crippen molar-refractivity contribution < 1.29 is 18.8 Å². The Labute approximate surface area is 163 Å². The molecule has 0 aromatic heterocycles. The Morgan fingerprint density at radius 3 is 2.21 bits per heavy atom. The van der Waals surface area contributed by atoms with Crippen LogP contribution in [0.1, 0.15) is 29.8 Å². The Hall–Kier alpha value is -3.22. The van der Waals surface area contributed by atoms with Gasteiger partial charge in [-0.05, 0) is 23.6 Å². The van der Waals surface area contributed by atoms with Gasteiger partial charge < -0.3 is 16.0 Å². The van der Waals surface area contributed by atoms with E-state index in [1.807, 2.05) is 30.3 Å². The molecule has 6 nitrogen and oxygen atoms in total. The lowest BCUT2D eigenvalue weighted by Gasteiger charge is -2.21. The molecule has 0 saturated carbocycles. The Kier molecular flexibility index (Phi) is 7.68. The Bertz CT molecular complexity index is 825. The smallest absolute Gasteiger partial charge is 0.254 e. The summed E-state index contributed by atoms with van der Waals surface area (Å²) >= 11 is 0. The van der Waals surface area contributed by atoms with Crippen LogP contribution in [0.15, 0.2) is 54.6 Å². The van der Waals surface area contributed by atoms with Crippen LogP contribution < -0.4 is 16.0 Å². The van der Waals surface area contributed by atoms with Gasteiger partial charge in [0.05, 0.1) is 12.1 Å². The Morgan fingerprint density at radius 2 is 1.57 bits per heavy atom. The van der Waals surface area contributed by atoms with E-state index in [-0.39, 0.29) is 23.9 Å². The lowest BCUT2D eigenvalue weighted by atomic mass is 10.0. The molecule has 0 bridgehead atoms. The molecule has 0 aliphatic carbocycles. The van der Waals surface area contributed by atoms with Crippen molar-refractivity contribution in [1.29, 1.82) is 0 Å². The highest BCUT2D eigenvalue weighted by atomic mass is 19.1. The molecule has 2 aromatic rings. The zero-order chi connectivity index (χ0) is 20.5. The molecule has 3 amide bonds. The van der Waals surface area contributed by atoms with Crippen LogP contribution in [-0.4, -0.2) is 30.3 Å². The zero-order valence-electron chi connectivity index (χ0n) is 15.9. The molecular formula is C21H24FN3O3. The normalized spacial score (nSPS) is 11.6. The summed E-state index contributed by atoms with van der Waals surface area (Å²) < 4.78 is 13.8. The van der Waals surface area contributed by atoms with E-state index in [1.54, 1.807) is 19.9 Å². The number of hydrogen-bond acceptors (Lipinski definition) is 3. The predicted molar refractivity (Wildman–Crippen MR) is 104 cm³/mol. The van der Waals surface area contributed by atoms with E-state index in [9.17, 15) is 18.8 Å². The standard InChI is InChI=1S/C21H24FN3O3/c1-14(2)19(25-20(27)16-10-6-7-11-17(16)22)21(28)24-13-18(26)23-12-15-8-4-3-5-9-15/h3-11,14,19H,12-13H2,1-2H3,(H,23,26)(H,24,28)(H,25,27). The van der Waals surface area contributed by atoms with Gasteiger partial charge in [-0.25, -0.2) is 4.39 Å². The maximum atomic E-state index is 13.8. The number of carbonyl (C=O) groups excluding carboxylic acids is 3. The molecule has 0 aliphatic rings. The average Bonchev–Trinajstić information content (AvgIpc) is 2.69. The monoisotopic (exact) mass is 385 g/mol. The topological polar surface area (TPSA) is 87.3 Å². The van der Waals surface area contributed by atoms with Crippen molar-refractivity contribution in [3.05, 3.63) is 71.5 Å². The molecule has 1 atom stereocenters. The minimum absolute atomic E-state index is 0.137. The van der Waals surface area contributed by atoms with Gasteiger partial charge in [-0.1, -0.05) is 56.3 Å². The zero-order valence-corrected chi connectivity index (χ0v) is 15.9. The summed E-state index contributed by atoms with van der Waals surface area (Å²) in [6.45, 7) is 3.64. The minimum Gasteiger partial charge on any atom is -0.350 e. The summed E-state index contributed by atoms with van der Waals surface area (Å²) in [6, 6.07) is 14.0. The molecule has 148 valence electrons. The maximum Gasteiger partial charge on any atom is 0.254 e. The summed E-state index contributed by atoms with van der Waals surface area (Å²) in [5, 5.41) is 7.75. The molecule has 2 rings (SSSR count). The molecule has 0 saturated heterocycles. The lowest BCUT2D eigenvalue weighted by molar-refractivity contribution is -0.127. The largest absolute Gasteiger partial charge is 0.350 e. The van der Waals surface area contributed by atoms with Crippen molar-refractivity contribution in [1.82, 2.24) is 16.0 Å². The van der Waals surface area contributed by atoms with Gasteiger partial charge in [-0.3, -0.25) is 14.4 Å². The van der Waals surface area contributed by atoms with Gasteiger partial charge in [0, 0.05) is 6.54 Å². The molecule has 0 fully saturated rings. The molecule has 28 heavy (non-hydrogen) atoms. The minimum atomic E-state index is -0.894. The Balaban J connectivity index is 1.87. The SMILES string of the molecule is CC(C)C(NC(=O)c1ccccc1F)C(=O)NCC(=O)NCc1ccccc1. The number of rotatable bonds is 8. The summed E-state index contributed by atoms with van der Waals surface area (Å²) in [7, 11) is 0. The second-order valence-electron chi connectivity index (χ2n) is 6.66. The molecular weight excluding hydrogens is 361 g/mol. The fourth-order valence-electron chi connectivity index (χ4n) is 2.54. The van der Waals surface area contributed by atoms with Crippen molar-refractivity contribution in [3.63, 3.8) is 0 Å². The first kappa shape index (κ1) is 21.1. The number of halogens is 1. The summed E-state index contributed by atoms with van der Waals surface area (Å²) in [5.74, 6) is -2.44. The maximum absolute atomic E-state index is 13.8. The third-order valence-electron chi connectivity index (χ3n) is 4.11. The highest BCUT2D eigenvalue weighted by molar-refractivity contribution is 5.98. The number of amides is 3. The second kappa shape index (κ2) is 10.2. The van der Waals surface area contributed by atoms with Crippen molar-refractivity contribution >= 4 is 17.7 Å². The predicted octanol–water partition coefficient (Wildman–Crippen LogP) is 2.01. The van der Waals surface area contributed by atoms with Gasteiger partial charge >= 0.3 is 0 Å². The first-order chi connectivity index (χ1) is 13.4.